The fourth-order valence-corrected chi connectivity index (χ4v) is 4.90. The second-order valence-corrected chi connectivity index (χ2v) is 9.09. The zero-order valence-electron chi connectivity index (χ0n) is 18.5. The Hall–Kier alpha value is -2.63. The van der Waals surface area contributed by atoms with Crippen molar-refractivity contribution >= 4 is 22.6 Å². The van der Waals surface area contributed by atoms with Gasteiger partial charge in [0.15, 0.2) is 0 Å². The van der Waals surface area contributed by atoms with Gasteiger partial charge < -0.3 is 14.6 Å². The first kappa shape index (κ1) is 21.2. The molecule has 1 radical (unpaired) electrons. The third-order valence-electron chi connectivity index (χ3n) is 6.65. The highest BCUT2D eigenvalue weighted by Crippen LogP contribution is 2.39. The summed E-state index contributed by atoms with van der Waals surface area (Å²) >= 11 is 6.32. The van der Waals surface area contributed by atoms with Crippen LogP contribution in [0, 0.1) is 25.7 Å². The summed E-state index contributed by atoms with van der Waals surface area (Å²) in [7, 11) is 1.76. The van der Waals surface area contributed by atoms with Crippen LogP contribution in [-0.4, -0.2) is 34.6 Å². The lowest BCUT2D eigenvalue weighted by Gasteiger charge is -2.29. The van der Waals surface area contributed by atoms with E-state index in [0.717, 1.165) is 58.1 Å². The molecule has 32 heavy (non-hydrogen) atoms. The molecule has 0 spiro atoms. The Morgan fingerprint density at radius 2 is 2.09 bits per heavy atom. The first-order valence-corrected chi connectivity index (χ1v) is 11.3. The number of halogens is 2. The maximum atomic E-state index is 13.8. The van der Waals surface area contributed by atoms with Crippen LogP contribution in [0.5, 0.6) is 0 Å². The fourth-order valence-electron chi connectivity index (χ4n) is 4.74. The van der Waals surface area contributed by atoms with E-state index in [1.807, 2.05) is 31.2 Å². The standard InChI is InChI=1S/C26H26ClFN3O/c1-15-11-18(7-9-22(15)28)17-5-4-6-19(12-17)31-14-20(32-3)13-24(31)26-29-23-10-8-21(27)16(2)25(23)30-26/h4,6-11,17,20,24H,5,13-14H2,1-3H3,(H,29,30)/t17?,20-,24+/m1/s1. The molecule has 2 heterocycles. The molecule has 2 aliphatic rings. The number of methoxy groups -OCH3 is 1. The molecule has 4 nitrogen and oxygen atoms in total. The Morgan fingerprint density at radius 3 is 2.88 bits per heavy atom. The summed E-state index contributed by atoms with van der Waals surface area (Å²) in [5.41, 5.74) is 5.67. The van der Waals surface area contributed by atoms with Crippen molar-refractivity contribution in [1.82, 2.24) is 14.9 Å². The average molecular weight is 451 g/mol. The minimum Gasteiger partial charge on any atom is -0.380 e. The molecule has 165 valence electrons. The second kappa shape index (κ2) is 8.38. The van der Waals surface area contributed by atoms with Gasteiger partial charge in [0.2, 0.25) is 0 Å². The number of aromatic amines is 1. The topological polar surface area (TPSA) is 41.1 Å². The molecule has 1 fully saturated rings. The van der Waals surface area contributed by atoms with Gasteiger partial charge in [-0.2, -0.15) is 0 Å². The highest BCUT2D eigenvalue weighted by atomic mass is 35.5. The van der Waals surface area contributed by atoms with Crippen molar-refractivity contribution in [3.8, 4) is 0 Å². The van der Waals surface area contributed by atoms with Gasteiger partial charge in [0.1, 0.15) is 11.6 Å². The number of fused-ring (bicyclic) bond motifs is 1. The largest absolute Gasteiger partial charge is 0.380 e. The molecular formula is C26H26ClFN3O. The van der Waals surface area contributed by atoms with Gasteiger partial charge in [-0.25, -0.2) is 9.37 Å². The molecule has 5 rings (SSSR count). The first-order chi connectivity index (χ1) is 15.4. The summed E-state index contributed by atoms with van der Waals surface area (Å²) in [6, 6.07) is 9.23. The van der Waals surface area contributed by atoms with Gasteiger partial charge in [0.25, 0.3) is 0 Å². The lowest BCUT2D eigenvalue weighted by Crippen LogP contribution is -2.26. The van der Waals surface area contributed by atoms with Crippen molar-refractivity contribution in [2.24, 2.45) is 0 Å². The second-order valence-electron chi connectivity index (χ2n) is 8.68. The van der Waals surface area contributed by atoms with Crippen LogP contribution in [0.2, 0.25) is 5.02 Å². The fraction of sp³-hybridized carbons (Fsp3) is 0.346. The molecule has 3 atom stereocenters. The maximum absolute atomic E-state index is 13.8. The van der Waals surface area contributed by atoms with E-state index in [1.54, 1.807) is 20.1 Å². The highest BCUT2D eigenvalue weighted by Gasteiger charge is 2.36. The number of rotatable bonds is 4. The molecular weight excluding hydrogens is 425 g/mol. The zero-order chi connectivity index (χ0) is 22.4. The van der Waals surface area contributed by atoms with Crippen molar-refractivity contribution < 1.29 is 9.13 Å². The minimum absolute atomic E-state index is 0.0476. The van der Waals surface area contributed by atoms with Crippen LogP contribution in [0.3, 0.4) is 0 Å². The van der Waals surface area contributed by atoms with E-state index in [-0.39, 0.29) is 23.9 Å². The number of aryl methyl sites for hydroxylation is 2. The normalized spacial score (nSPS) is 23.2. The molecule has 0 amide bonds. The van der Waals surface area contributed by atoms with Gasteiger partial charge in [0.05, 0.1) is 23.2 Å². The van der Waals surface area contributed by atoms with E-state index in [0.29, 0.717) is 5.56 Å². The van der Waals surface area contributed by atoms with Gasteiger partial charge >= 0.3 is 0 Å². The SMILES string of the molecule is CO[C@@H]1C[C@@H](c2nc3ccc(Cl)c(C)c3[nH]2)N(C2=[C]C(c3ccc(F)c(C)c3)CC=C2)C1. The van der Waals surface area contributed by atoms with Crippen LogP contribution in [0.25, 0.3) is 11.0 Å². The van der Waals surface area contributed by atoms with Crippen LogP contribution in [0.15, 0.2) is 48.2 Å². The summed E-state index contributed by atoms with van der Waals surface area (Å²) in [5, 5.41) is 0.731. The average Bonchev–Trinajstić information content (AvgIpc) is 3.43. The Labute approximate surface area is 192 Å². The summed E-state index contributed by atoms with van der Waals surface area (Å²) in [6.45, 7) is 4.57. The number of imidazole rings is 1. The van der Waals surface area contributed by atoms with Crippen LogP contribution >= 0.6 is 11.6 Å². The van der Waals surface area contributed by atoms with Gasteiger partial charge in [0, 0.05) is 36.7 Å². The number of nitrogens with zero attached hydrogens (tertiary/aromatic N) is 2. The molecule has 0 saturated carbocycles. The molecule has 1 unspecified atom stereocenters. The van der Waals surface area contributed by atoms with E-state index in [2.05, 4.69) is 28.1 Å². The Kier molecular flexibility index (Phi) is 5.56. The number of H-pyrrole nitrogens is 1. The van der Waals surface area contributed by atoms with Crippen LogP contribution in [0.1, 0.15) is 47.3 Å². The lowest BCUT2D eigenvalue weighted by atomic mass is 9.90. The maximum Gasteiger partial charge on any atom is 0.130 e. The first-order valence-electron chi connectivity index (χ1n) is 10.9. The van der Waals surface area contributed by atoms with E-state index < -0.39 is 0 Å². The van der Waals surface area contributed by atoms with Crippen molar-refractivity contribution in [3.63, 3.8) is 0 Å². The van der Waals surface area contributed by atoms with E-state index in [4.69, 9.17) is 21.3 Å². The number of aromatic nitrogens is 2. The van der Waals surface area contributed by atoms with Gasteiger partial charge in [-0.05, 0) is 67.3 Å². The van der Waals surface area contributed by atoms with E-state index in [1.165, 1.54) is 0 Å². The number of ether oxygens (including phenoxy) is 1. The zero-order valence-corrected chi connectivity index (χ0v) is 19.2. The number of hydrogen-bond acceptors (Lipinski definition) is 3. The Bertz CT molecular complexity index is 1230. The van der Waals surface area contributed by atoms with Crippen molar-refractivity contribution in [2.75, 3.05) is 13.7 Å². The number of nitrogens with one attached hydrogen (secondary N) is 1. The van der Waals surface area contributed by atoms with Gasteiger partial charge in [-0.15, -0.1) is 0 Å². The number of allylic oxidation sites excluding steroid dienone is 3. The molecule has 3 aromatic rings. The molecule has 2 aromatic carbocycles. The summed E-state index contributed by atoms with van der Waals surface area (Å²) < 4.78 is 19.5. The predicted molar refractivity (Wildman–Crippen MR) is 125 cm³/mol. The van der Waals surface area contributed by atoms with Crippen LogP contribution in [0.4, 0.5) is 4.39 Å². The van der Waals surface area contributed by atoms with Crippen molar-refractivity contribution in [2.45, 2.75) is 44.8 Å². The lowest BCUT2D eigenvalue weighted by molar-refractivity contribution is 0.111. The molecule has 1 N–H and O–H groups in total. The number of hydrogen-bond donors (Lipinski definition) is 1. The van der Waals surface area contributed by atoms with E-state index in [9.17, 15) is 4.39 Å². The monoisotopic (exact) mass is 450 g/mol. The van der Waals surface area contributed by atoms with Crippen LogP contribution in [-0.2, 0) is 4.74 Å². The molecule has 1 aliphatic carbocycles. The summed E-state index contributed by atoms with van der Waals surface area (Å²) in [6.07, 6.45) is 9.77. The summed E-state index contributed by atoms with van der Waals surface area (Å²) in [5.74, 6) is 0.827. The molecule has 1 saturated heterocycles. The van der Waals surface area contributed by atoms with Crippen molar-refractivity contribution in [3.05, 3.63) is 87.6 Å². The quantitative estimate of drug-likeness (QED) is 0.517. The summed E-state index contributed by atoms with van der Waals surface area (Å²) in [4.78, 5) is 10.7. The van der Waals surface area contributed by atoms with Crippen LogP contribution < -0.4 is 0 Å². The Morgan fingerprint density at radius 1 is 1.25 bits per heavy atom. The highest BCUT2D eigenvalue weighted by molar-refractivity contribution is 6.32. The minimum atomic E-state index is -0.174. The van der Waals surface area contributed by atoms with Crippen molar-refractivity contribution in [1.29, 1.82) is 0 Å². The van der Waals surface area contributed by atoms with Gasteiger partial charge in [-0.1, -0.05) is 29.8 Å². The third-order valence-corrected chi connectivity index (χ3v) is 7.06. The number of benzene rings is 2. The van der Waals surface area contributed by atoms with Gasteiger partial charge in [-0.3, -0.25) is 0 Å². The predicted octanol–water partition coefficient (Wildman–Crippen LogP) is 6.16. The van der Waals surface area contributed by atoms with E-state index >= 15 is 0 Å². The Balaban J connectivity index is 1.50. The molecule has 6 heteroatoms. The smallest absolute Gasteiger partial charge is 0.130 e. The molecule has 1 aliphatic heterocycles. The number of likely N-dealkylation sites (tertiary alicyclic amines) is 1. The molecule has 0 bridgehead atoms. The third kappa shape index (κ3) is 3.74. The molecule has 1 aromatic heterocycles.